The van der Waals surface area contributed by atoms with Gasteiger partial charge in [0.2, 0.25) is 0 Å². The maximum absolute atomic E-state index is 12.0. The zero-order chi connectivity index (χ0) is 15.9. The third-order valence-corrected chi connectivity index (χ3v) is 3.08. The topological polar surface area (TPSA) is 88.5 Å². The Morgan fingerprint density at radius 2 is 2.00 bits per heavy atom. The normalized spacial score (nSPS) is 10.0. The molecular formula is C16H16N2O4. The van der Waals surface area contributed by atoms with Crippen LogP contribution in [0.25, 0.3) is 0 Å². The summed E-state index contributed by atoms with van der Waals surface area (Å²) < 4.78 is 4.95. The monoisotopic (exact) mass is 300 g/mol. The van der Waals surface area contributed by atoms with Gasteiger partial charge in [-0.1, -0.05) is 30.3 Å². The molecule has 1 aromatic carbocycles. The number of nitrogens with zero attached hydrogens (tertiary/aromatic N) is 1. The van der Waals surface area contributed by atoms with Gasteiger partial charge in [0.05, 0.1) is 12.7 Å². The average molecular weight is 300 g/mol. The Morgan fingerprint density at radius 3 is 2.64 bits per heavy atom. The second-order valence-corrected chi connectivity index (χ2v) is 4.57. The molecule has 1 aromatic heterocycles. The number of methoxy groups -OCH3 is 1. The number of aromatic nitrogens is 1. The average Bonchev–Trinajstić information content (AvgIpc) is 2.55. The molecular weight excluding hydrogens is 284 g/mol. The van der Waals surface area contributed by atoms with E-state index in [1.807, 2.05) is 30.3 Å². The molecule has 0 bridgehead atoms. The quantitative estimate of drug-likeness (QED) is 0.848. The summed E-state index contributed by atoms with van der Waals surface area (Å²) in [7, 11) is 1.33. The zero-order valence-electron chi connectivity index (χ0n) is 12.1. The number of carboxylic acids is 1. The van der Waals surface area contributed by atoms with Crippen molar-refractivity contribution >= 4 is 11.9 Å². The van der Waals surface area contributed by atoms with E-state index in [1.54, 1.807) is 0 Å². The zero-order valence-corrected chi connectivity index (χ0v) is 12.1. The molecule has 0 atom stereocenters. The van der Waals surface area contributed by atoms with Crippen molar-refractivity contribution in [1.29, 1.82) is 0 Å². The van der Waals surface area contributed by atoms with E-state index >= 15 is 0 Å². The SMILES string of the molecule is COc1cc(C(=O)NCCc2ccccc2)cnc1C(=O)O. The van der Waals surface area contributed by atoms with Crippen molar-refractivity contribution in [1.82, 2.24) is 10.3 Å². The lowest BCUT2D eigenvalue weighted by atomic mass is 10.1. The number of nitrogens with one attached hydrogen (secondary N) is 1. The standard InChI is InChI=1S/C16H16N2O4/c1-22-13-9-12(10-18-14(13)16(20)21)15(19)17-8-7-11-5-3-2-4-6-11/h2-6,9-10H,7-8H2,1H3,(H,17,19)(H,20,21). The number of rotatable bonds is 6. The van der Waals surface area contributed by atoms with E-state index in [4.69, 9.17) is 9.84 Å². The van der Waals surface area contributed by atoms with E-state index in [0.717, 1.165) is 5.56 Å². The fraction of sp³-hybridized carbons (Fsp3) is 0.188. The summed E-state index contributed by atoms with van der Waals surface area (Å²) in [6.45, 7) is 0.478. The van der Waals surface area contributed by atoms with Crippen LogP contribution < -0.4 is 10.1 Å². The van der Waals surface area contributed by atoms with Crippen LogP contribution in [0, 0.1) is 0 Å². The molecule has 2 rings (SSSR count). The molecule has 2 aromatic rings. The molecule has 0 aliphatic carbocycles. The van der Waals surface area contributed by atoms with Gasteiger partial charge in [0.15, 0.2) is 11.4 Å². The number of benzene rings is 1. The van der Waals surface area contributed by atoms with Crippen LogP contribution in [-0.4, -0.2) is 35.6 Å². The van der Waals surface area contributed by atoms with E-state index in [1.165, 1.54) is 19.4 Å². The van der Waals surface area contributed by atoms with E-state index < -0.39 is 5.97 Å². The summed E-state index contributed by atoms with van der Waals surface area (Å²) >= 11 is 0. The summed E-state index contributed by atoms with van der Waals surface area (Å²) in [5, 5.41) is 11.7. The van der Waals surface area contributed by atoms with Gasteiger partial charge < -0.3 is 15.2 Å². The van der Waals surface area contributed by atoms with Crippen molar-refractivity contribution in [3.05, 3.63) is 59.4 Å². The first-order valence-corrected chi connectivity index (χ1v) is 6.71. The molecule has 2 N–H and O–H groups in total. The van der Waals surface area contributed by atoms with Crippen LogP contribution in [0.4, 0.5) is 0 Å². The van der Waals surface area contributed by atoms with Crippen LogP contribution >= 0.6 is 0 Å². The number of pyridine rings is 1. The first-order chi connectivity index (χ1) is 10.6. The predicted molar refractivity (Wildman–Crippen MR) is 80.2 cm³/mol. The lowest BCUT2D eigenvalue weighted by molar-refractivity contribution is 0.0685. The van der Waals surface area contributed by atoms with Gasteiger partial charge in [-0.3, -0.25) is 4.79 Å². The maximum atomic E-state index is 12.0. The molecule has 22 heavy (non-hydrogen) atoms. The summed E-state index contributed by atoms with van der Waals surface area (Å²) in [6.07, 6.45) is 1.94. The third-order valence-electron chi connectivity index (χ3n) is 3.08. The van der Waals surface area contributed by atoms with Crippen LogP contribution in [0.3, 0.4) is 0 Å². The van der Waals surface area contributed by atoms with Gasteiger partial charge in [-0.15, -0.1) is 0 Å². The number of aromatic carboxylic acids is 1. The number of carbonyl (C=O) groups excluding carboxylic acids is 1. The Morgan fingerprint density at radius 1 is 1.27 bits per heavy atom. The highest BCUT2D eigenvalue weighted by Gasteiger charge is 2.16. The third kappa shape index (κ3) is 3.82. The molecule has 0 saturated heterocycles. The fourth-order valence-corrected chi connectivity index (χ4v) is 1.95. The first kappa shape index (κ1) is 15.5. The Bertz CT molecular complexity index is 671. The summed E-state index contributed by atoms with van der Waals surface area (Å²) in [5.74, 6) is -1.46. The van der Waals surface area contributed by atoms with Gasteiger partial charge in [-0.2, -0.15) is 0 Å². The first-order valence-electron chi connectivity index (χ1n) is 6.71. The summed E-state index contributed by atoms with van der Waals surface area (Å²) in [6, 6.07) is 11.2. The Kier molecular flexibility index (Phi) is 5.08. The van der Waals surface area contributed by atoms with Gasteiger partial charge in [0.1, 0.15) is 0 Å². The number of hydrogen-bond acceptors (Lipinski definition) is 4. The molecule has 6 heteroatoms. The fourth-order valence-electron chi connectivity index (χ4n) is 1.95. The number of amides is 1. The van der Waals surface area contributed by atoms with E-state index in [2.05, 4.69) is 10.3 Å². The molecule has 0 spiro atoms. The van der Waals surface area contributed by atoms with Gasteiger partial charge in [-0.05, 0) is 18.1 Å². The molecule has 0 aliphatic heterocycles. The second-order valence-electron chi connectivity index (χ2n) is 4.57. The summed E-state index contributed by atoms with van der Waals surface area (Å²) in [4.78, 5) is 26.7. The van der Waals surface area contributed by atoms with Crippen LogP contribution in [0.5, 0.6) is 5.75 Å². The smallest absolute Gasteiger partial charge is 0.358 e. The van der Waals surface area contributed by atoms with Gasteiger partial charge in [0, 0.05) is 12.7 Å². The number of carbonyl (C=O) groups is 2. The molecule has 1 amide bonds. The Labute approximate surface area is 127 Å². The largest absolute Gasteiger partial charge is 0.494 e. The van der Waals surface area contributed by atoms with Crippen LogP contribution in [0.2, 0.25) is 0 Å². The minimum absolute atomic E-state index is 0.0585. The highest BCUT2D eigenvalue weighted by Crippen LogP contribution is 2.17. The molecule has 6 nitrogen and oxygen atoms in total. The minimum Gasteiger partial charge on any atom is -0.494 e. The molecule has 0 saturated carbocycles. The number of carboxylic acid groups (broad SMARTS) is 1. The van der Waals surface area contributed by atoms with Crippen molar-refractivity contribution < 1.29 is 19.4 Å². The number of hydrogen-bond donors (Lipinski definition) is 2. The van der Waals surface area contributed by atoms with E-state index in [9.17, 15) is 9.59 Å². The molecule has 0 fully saturated rings. The predicted octanol–water partition coefficient (Wildman–Crippen LogP) is 1.76. The molecule has 0 radical (unpaired) electrons. The molecule has 1 heterocycles. The number of ether oxygens (including phenoxy) is 1. The highest BCUT2D eigenvalue weighted by atomic mass is 16.5. The lowest BCUT2D eigenvalue weighted by Gasteiger charge is -2.08. The van der Waals surface area contributed by atoms with E-state index in [0.29, 0.717) is 13.0 Å². The van der Waals surface area contributed by atoms with Gasteiger partial charge >= 0.3 is 5.97 Å². The van der Waals surface area contributed by atoms with E-state index in [-0.39, 0.29) is 22.9 Å². The highest BCUT2D eigenvalue weighted by molar-refractivity contribution is 5.96. The van der Waals surface area contributed by atoms with Crippen LogP contribution in [-0.2, 0) is 6.42 Å². The Hall–Kier alpha value is -2.89. The van der Waals surface area contributed by atoms with Gasteiger partial charge in [-0.25, -0.2) is 9.78 Å². The van der Waals surface area contributed by atoms with Crippen LogP contribution in [0.15, 0.2) is 42.6 Å². The Balaban J connectivity index is 1.99. The summed E-state index contributed by atoms with van der Waals surface area (Å²) in [5.41, 5.74) is 1.16. The van der Waals surface area contributed by atoms with Gasteiger partial charge in [0.25, 0.3) is 5.91 Å². The van der Waals surface area contributed by atoms with Crippen molar-refractivity contribution in [3.8, 4) is 5.75 Å². The minimum atomic E-state index is -1.20. The molecule has 0 aliphatic rings. The lowest BCUT2D eigenvalue weighted by Crippen LogP contribution is -2.26. The van der Waals surface area contributed by atoms with Crippen molar-refractivity contribution in [2.24, 2.45) is 0 Å². The van der Waals surface area contributed by atoms with Crippen LogP contribution in [0.1, 0.15) is 26.4 Å². The maximum Gasteiger partial charge on any atom is 0.358 e. The molecule has 114 valence electrons. The van der Waals surface area contributed by atoms with Crippen molar-refractivity contribution in [2.45, 2.75) is 6.42 Å². The van der Waals surface area contributed by atoms with Crippen molar-refractivity contribution in [3.63, 3.8) is 0 Å². The second kappa shape index (κ2) is 7.21. The molecule has 0 unspecified atom stereocenters. The van der Waals surface area contributed by atoms with Crippen molar-refractivity contribution in [2.75, 3.05) is 13.7 Å².